The van der Waals surface area contributed by atoms with Crippen LogP contribution in [0.4, 0.5) is 0 Å². The third-order valence-corrected chi connectivity index (χ3v) is 4.65. The first-order valence-electron chi connectivity index (χ1n) is 9.86. The topological polar surface area (TPSA) is 0 Å². The monoisotopic (exact) mass is 301 g/mol. The van der Waals surface area contributed by atoms with Crippen LogP contribution in [0.5, 0.6) is 0 Å². The molecule has 0 nitrogen and oxygen atoms in total. The first-order valence-corrected chi connectivity index (χ1v) is 9.86. The van der Waals surface area contributed by atoms with Gasteiger partial charge in [-0.1, -0.05) is 96.3 Å². The van der Waals surface area contributed by atoms with E-state index in [0.717, 1.165) is 0 Å². The zero-order valence-electron chi connectivity index (χ0n) is 15.1. The lowest BCUT2D eigenvalue weighted by molar-refractivity contribution is 0.599. The summed E-state index contributed by atoms with van der Waals surface area (Å²) >= 11 is 0. The largest absolute Gasteiger partial charge is 0.0654 e. The highest BCUT2D eigenvalue weighted by Gasteiger charge is 2.02. The predicted octanol–water partition coefficient (Wildman–Crippen LogP) is 7.29. The fraction of sp³-hybridized carbons (Fsp3) is 0.727. The third kappa shape index (κ3) is 9.28. The fourth-order valence-electron chi connectivity index (χ4n) is 3.17. The van der Waals surface area contributed by atoms with Gasteiger partial charge in [-0.3, -0.25) is 0 Å². The Balaban J connectivity index is 2.20. The number of rotatable bonds is 14. The molecule has 0 aromatic heterocycles. The van der Waals surface area contributed by atoms with Crippen LogP contribution in [0.15, 0.2) is 18.2 Å². The van der Waals surface area contributed by atoms with Crippen molar-refractivity contribution in [3.05, 3.63) is 35.4 Å². The molecule has 0 fully saturated rings. The molecule has 0 aliphatic carbocycles. The Morgan fingerprint density at radius 1 is 0.636 bits per heavy atom. The Kier molecular flexibility index (Phi) is 12.1. The Hall–Kier alpha value is -0.780. The molecule has 0 heterocycles. The van der Waals surface area contributed by atoms with Crippen LogP contribution in [0.25, 0.3) is 0 Å². The molecular formula is C22H37. The zero-order chi connectivity index (χ0) is 15.9. The van der Waals surface area contributed by atoms with Crippen molar-refractivity contribution in [2.75, 3.05) is 0 Å². The second-order valence-corrected chi connectivity index (χ2v) is 6.73. The van der Waals surface area contributed by atoms with Gasteiger partial charge in [-0.25, -0.2) is 0 Å². The van der Waals surface area contributed by atoms with Gasteiger partial charge in [-0.2, -0.15) is 0 Å². The number of unbranched alkanes of at least 4 members (excludes halogenated alkanes) is 10. The number of hydrogen-bond donors (Lipinski definition) is 0. The van der Waals surface area contributed by atoms with Gasteiger partial charge in [-0.15, -0.1) is 0 Å². The van der Waals surface area contributed by atoms with E-state index in [-0.39, 0.29) is 0 Å². The average molecular weight is 302 g/mol. The van der Waals surface area contributed by atoms with E-state index in [4.69, 9.17) is 0 Å². The normalized spacial score (nSPS) is 11.0. The van der Waals surface area contributed by atoms with E-state index >= 15 is 0 Å². The highest BCUT2D eigenvalue weighted by molar-refractivity contribution is 5.26. The number of aryl methyl sites for hydroxylation is 2. The van der Waals surface area contributed by atoms with Gasteiger partial charge < -0.3 is 0 Å². The van der Waals surface area contributed by atoms with Gasteiger partial charge in [0.25, 0.3) is 0 Å². The molecule has 1 rings (SSSR count). The van der Waals surface area contributed by atoms with Gasteiger partial charge in [0.15, 0.2) is 0 Å². The lowest BCUT2D eigenvalue weighted by atomic mass is 9.96. The first-order chi connectivity index (χ1) is 10.9. The van der Waals surface area contributed by atoms with Gasteiger partial charge >= 0.3 is 0 Å². The summed E-state index contributed by atoms with van der Waals surface area (Å²) in [6, 6.07) is 9.91. The molecule has 0 saturated heterocycles. The van der Waals surface area contributed by atoms with Crippen LogP contribution in [-0.2, 0) is 12.8 Å². The van der Waals surface area contributed by atoms with E-state index in [1.54, 1.807) is 11.1 Å². The van der Waals surface area contributed by atoms with E-state index in [9.17, 15) is 0 Å². The van der Waals surface area contributed by atoms with Crippen molar-refractivity contribution in [1.29, 1.82) is 0 Å². The van der Waals surface area contributed by atoms with Gasteiger partial charge in [0, 0.05) is 0 Å². The molecule has 0 atom stereocenters. The minimum Gasteiger partial charge on any atom is -0.0654 e. The molecule has 1 aromatic rings. The Bertz CT molecular complexity index is 318. The summed E-state index contributed by atoms with van der Waals surface area (Å²) in [4.78, 5) is 0. The van der Waals surface area contributed by atoms with Crippen LogP contribution in [0.1, 0.15) is 102 Å². The molecule has 1 radical (unpaired) electrons. The molecule has 0 aliphatic rings. The first kappa shape index (κ1) is 19.3. The summed E-state index contributed by atoms with van der Waals surface area (Å²) < 4.78 is 0. The maximum atomic E-state index is 3.28. The average Bonchev–Trinajstić information content (AvgIpc) is 2.55. The molecule has 0 amide bonds. The van der Waals surface area contributed by atoms with Crippen LogP contribution in [0, 0.1) is 6.07 Å². The molecule has 0 aliphatic heterocycles. The van der Waals surface area contributed by atoms with Crippen molar-refractivity contribution in [2.45, 2.75) is 104 Å². The number of benzene rings is 1. The van der Waals surface area contributed by atoms with Gasteiger partial charge in [0.1, 0.15) is 0 Å². The van der Waals surface area contributed by atoms with Crippen molar-refractivity contribution >= 4 is 0 Å². The van der Waals surface area contributed by atoms with E-state index in [1.807, 2.05) is 0 Å². The summed E-state index contributed by atoms with van der Waals surface area (Å²) in [5, 5.41) is 0. The van der Waals surface area contributed by atoms with Crippen molar-refractivity contribution < 1.29 is 0 Å². The SMILES string of the molecule is CCCCCCCCc1c[c]ccc1CCCCCCCC. The lowest BCUT2D eigenvalue weighted by Gasteiger charge is -2.09. The Labute approximate surface area is 139 Å². The van der Waals surface area contributed by atoms with Crippen LogP contribution in [-0.4, -0.2) is 0 Å². The summed E-state index contributed by atoms with van der Waals surface area (Å²) in [6.07, 6.45) is 19.2. The zero-order valence-corrected chi connectivity index (χ0v) is 15.1. The molecular weight excluding hydrogens is 264 g/mol. The molecule has 125 valence electrons. The molecule has 0 saturated carbocycles. The maximum absolute atomic E-state index is 3.28. The van der Waals surface area contributed by atoms with Crippen molar-refractivity contribution in [1.82, 2.24) is 0 Å². The summed E-state index contributed by atoms with van der Waals surface area (Å²) in [5.41, 5.74) is 3.15. The van der Waals surface area contributed by atoms with Gasteiger partial charge in [0.05, 0.1) is 0 Å². The standard InChI is InChI=1S/C22H37/c1-3-5-7-9-11-13-17-21-19-15-16-20-22(21)18-14-12-10-8-6-4-2/h15,19-20H,3-14,17-18H2,1-2H3. The second-order valence-electron chi connectivity index (χ2n) is 6.73. The molecule has 0 heteroatoms. The van der Waals surface area contributed by atoms with Crippen LogP contribution < -0.4 is 0 Å². The van der Waals surface area contributed by atoms with E-state index in [1.165, 1.54) is 89.9 Å². The van der Waals surface area contributed by atoms with E-state index < -0.39 is 0 Å². The van der Waals surface area contributed by atoms with Crippen LogP contribution in [0.2, 0.25) is 0 Å². The molecule has 0 N–H and O–H groups in total. The fourth-order valence-corrected chi connectivity index (χ4v) is 3.17. The van der Waals surface area contributed by atoms with E-state index in [2.05, 4.69) is 38.1 Å². The van der Waals surface area contributed by atoms with Gasteiger partial charge in [-0.05, 0) is 42.9 Å². The van der Waals surface area contributed by atoms with Gasteiger partial charge in [0.2, 0.25) is 0 Å². The quantitative estimate of drug-likeness (QED) is 0.316. The molecule has 1 aromatic carbocycles. The third-order valence-electron chi connectivity index (χ3n) is 4.65. The molecule has 0 bridgehead atoms. The van der Waals surface area contributed by atoms with Crippen LogP contribution >= 0.6 is 0 Å². The Morgan fingerprint density at radius 2 is 1.14 bits per heavy atom. The molecule has 22 heavy (non-hydrogen) atoms. The maximum Gasteiger partial charge on any atom is -0.0181 e. The summed E-state index contributed by atoms with van der Waals surface area (Å²) in [5.74, 6) is 0. The van der Waals surface area contributed by atoms with Crippen molar-refractivity contribution in [3.8, 4) is 0 Å². The second kappa shape index (κ2) is 13.9. The Morgan fingerprint density at radius 3 is 1.73 bits per heavy atom. The smallest absolute Gasteiger partial charge is 0.0181 e. The van der Waals surface area contributed by atoms with E-state index in [0.29, 0.717) is 0 Å². The lowest BCUT2D eigenvalue weighted by Crippen LogP contribution is -1.95. The number of hydrogen-bond acceptors (Lipinski definition) is 0. The highest BCUT2D eigenvalue weighted by Crippen LogP contribution is 2.17. The summed E-state index contributed by atoms with van der Waals surface area (Å²) in [7, 11) is 0. The molecule has 0 spiro atoms. The minimum absolute atomic E-state index is 1.26. The minimum atomic E-state index is 1.26. The van der Waals surface area contributed by atoms with Crippen molar-refractivity contribution in [3.63, 3.8) is 0 Å². The summed E-state index contributed by atoms with van der Waals surface area (Å²) in [6.45, 7) is 4.57. The molecule has 0 unspecified atom stereocenters. The van der Waals surface area contributed by atoms with Crippen LogP contribution in [0.3, 0.4) is 0 Å². The van der Waals surface area contributed by atoms with Crippen molar-refractivity contribution in [2.24, 2.45) is 0 Å². The predicted molar refractivity (Wildman–Crippen MR) is 99.4 cm³/mol. The highest BCUT2D eigenvalue weighted by atomic mass is 14.1.